The van der Waals surface area contributed by atoms with Crippen LogP contribution in [0.25, 0.3) is 0 Å². The Labute approximate surface area is 138 Å². The highest BCUT2D eigenvalue weighted by molar-refractivity contribution is 14.0. The van der Waals surface area contributed by atoms with E-state index in [1.54, 1.807) is 7.11 Å². The van der Waals surface area contributed by atoms with Crippen molar-refractivity contribution in [1.82, 2.24) is 4.90 Å². The van der Waals surface area contributed by atoms with Gasteiger partial charge in [0, 0.05) is 12.2 Å². The molecule has 0 saturated heterocycles. The van der Waals surface area contributed by atoms with Crippen molar-refractivity contribution in [1.29, 1.82) is 0 Å². The molecule has 0 aromatic heterocycles. The molecule has 20 heavy (non-hydrogen) atoms. The zero-order valence-corrected chi connectivity index (χ0v) is 14.8. The van der Waals surface area contributed by atoms with Gasteiger partial charge in [0.2, 0.25) is 0 Å². The first-order valence-corrected chi connectivity index (χ1v) is 6.63. The molecule has 0 radical (unpaired) electrons. The van der Waals surface area contributed by atoms with Crippen molar-refractivity contribution in [3.63, 3.8) is 0 Å². The van der Waals surface area contributed by atoms with Crippen LogP contribution in [0.2, 0.25) is 0 Å². The number of benzene rings is 1. The highest BCUT2D eigenvalue weighted by Gasteiger charge is 1.99. The third-order valence-corrected chi connectivity index (χ3v) is 2.96. The fourth-order valence-electron chi connectivity index (χ4n) is 1.71. The van der Waals surface area contributed by atoms with Crippen LogP contribution in [0.4, 0.5) is 5.69 Å². The van der Waals surface area contributed by atoms with Gasteiger partial charge in [-0.15, -0.1) is 24.0 Å². The van der Waals surface area contributed by atoms with Crippen LogP contribution in [0.3, 0.4) is 0 Å². The van der Waals surface area contributed by atoms with Crippen molar-refractivity contribution in [2.45, 2.75) is 13.8 Å². The molecule has 3 N–H and O–H groups in total. The molecule has 1 rings (SSSR count). The van der Waals surface area contributed by atoms with E-state index in [2.05, 4.69) is 29.1 Å². The quantitative estimate of drug-likeness (QED) is 0.425. The highest BCUT2D eigenvalue weighted by Crippen LogP contribution is 2.14. The minimum Gasteiger partial charge on any atom is -0.497 e. The number of guanidine groups is 1. The molecule has 0 bridgehead atoms. The molecule has 0 spiro atoms. The summed E-state index contributed by atoms with van der Waals surface area (Å²) >= 11 is 0. The Bertz CT molecular complexity index is 391. The van der Waals surface area contributed by atoms with E-state index in [1.807, 2.05) is 24.3 Å². The van der Waals surface area contributed by atoms with E-state index >= 15 is 0 Å². The van der Waals surface area contributed by atoms with E-state index < -0.39 is 0 Å². The summed E-state index contributed by atoms with van der Waals surface area (Å²) in [7, 11) is 1.64. The average molecular weight is 392 g/mol. The number of nitrogens with two attached hydrogens (primary N) is 1. The molecular formula is C14H25IN4O. The van der Waals surface area contributed by atoms with Gasteiger partial charge in [0.05, 0.1) is 13.7 Å². The number of hydrogen-bond acceptors (Lipinski definition) is 3. The zero-order valence-electron chi connectivity index (χ0n) is 12.4. The summed E-state index contributed by atoms with van der Waals surface area (Å²) in [5.41, 5.74) is 6.74. The molecule has 0 aliphatic carbocycles. The van der Waals surface area contributed by atoms with Crippen LogP contribution in [0.1, 0.15) is 13.8 Å². The molecule has 0 atom stereocenters. The van der Waals surface area contributed by atoms with Gasteiger partial charge in [-0.2, -0.15) is 0 Å². The standard InChI is InChI=1S/C14H24N4O.HI/c1-4-18(5-2)11-10-16-14(15)17-12-6-8-13(19-3)9-7-12;/h6-9H,4-5,10-11H2,1-3H3,(H3,15,16,17);1H. The van der Waals surface area contributed by atoms with Crippen LogP contribution >= 0.6 is 24.0 Å². The molecule has 0 heterocycles. The highest BCUT2D eigenvalue weighted by atomic mass is 127. The van der Waals surface area contributed by atoms with E-state index in [0.29, 0.717) is 12.5 Å². The van der Waals surface area contributed by atoms with Gasteiger partial charge in [-0.25, -0.2) is 0 Å². The number of halogens is 1. The van der Waals surface area contributed by atoms with Crippen molar-refractivity contribution >= 4 is 35.6 Å². The van der Waals surface area contributed by atoms with Crippen LogP contribution in [0.15, 0.2) is 29.3 Å². The van der Waals surface area contributed by atoms with Crippen LogP contribution in [-0.4, -0.2) is 44.1 Å². The van der Waals surface area contributed by atoms with Crippen LogP contribution < -0.4 is 15.8 Å². The lowest BCUT2D eigenvalue weighted by atomic mass is 10.3. The van der Waals surface area contributed by atoms with Gasteiger partial charge in [-0.1, -0.05) is 13.8 Å². The molecule has 114 valence electrons. The number of nitrogens with one attached hydrogen (secondary N) is 1. The number of anilines is 1. The molecule has 1 aromatic carbocycles. The maximum Gasteiger partial charge on any atom is 0.193 e. The Morgan fingerprint density at radius 2 is 1.85 bits per heavy atom. The first kappa shape index (κ1) is 19.0. The molecule has 6 heteroatoms. The van der Waals surface area contributed by atoms with E-state index in [1.165, 1.54) is 0 Å². The Balaban J connectivity index is 0.00000361. The molecule has 0 aliphatic rings. The predicted octanol–water partition coefficient (Wildman–Crippen LogP) is 2.38. The number of ether oxygens (including phenoxy) is 1. The largest absolute Gasteiger partial charge is 0.497 e. The molecule has 0 aliphatic heterocycles. The molecule has 0 saturated carbocycles. The Hall–Kier alpha value is -1.02. The van der Waals surface area contributed by atoms with Gasteiger partial charge in [0.25, 0.3) is 0 Å². The smallest absolute Gasteiger partial charge is 0.193 e. The summed E-state index contributed by atoms with van der Waals surface area (Å²) in [5, 5.41) is 3.06. The lowest BCUT2D eigenvalue weighted by molar-refractivity contribution is 0.313. The van der Waals surface area contributed by atoms with Gasteiger partial charge in [0.15, 0.2) is 5.96 Å². The van der Waals surface area contributed by atoms with Crippen LogP contribution in [0.5, 0.6) is 5.75 Å². The lowest BCUT2D eigenvalue weighted by Gasteiger charge is -2.16. The summed E-state index contributed by atoms with van der Waals surface area (Å²) < 4.78 is 5.10. The first-order chi connectivity index (χ1) is 9.19. The van der Waals surface area contributed by atoms with Gasteiger partial charge in [-0.05, 0) is 37.4 Å². The summed E-state index contributed by atoms with van der Waals surface area (Å²) in [6.07, 6.45) is 0. The van der Waals surface area contributed by atoms with E-state index in [9.17, 15) is 0 Å². The number of methoxy groups -OCH3 is 1. The van der Waals surface area contributed by atoms with Gasteiger partial charge < -0.3 is 20.7 Å². The third-order valence-electron chi connectivity index (χ3n) is 2.96. The number of rotatable bonds is 7. The van der Waals surface area contributed by atoms with Gasteiger partial charge >= 0.3 is 0 Å². The number of likely N-dealkylation sites (N-methyl/N-ethyl adjacent to an activating group) is 1. The normalized spacial score (nSPS) is 11.1. The molecule has 1 aromatic rings. The second-order valence-corrected chi connectivity index (χ2v) is 4.15. The van der Waals surface area contributed by atoms with Crippen molar-refractivity contribution in [3.8, 4) is 5.75 Å². The first-order valence-electron chi connectivity index (χ1n) is 6.63. The molecule has 0 amide bonds. The fourth-order valence-corrected chi connectivity index (χ4v) is 1.71. The van der Waals surface area contributed by atoms with E-state index in [0.717, 1.165) is 31.1 Å². The molecule has 5 nitrogen and oxygen atoms in total. The maximum absolute atomic E-state index is 5.83. The van der Waals surface area contributed by atoms with Crippen molar-refractivity contribution in [2.24, 2.45) is 10.7 Å². The van der Waals surface area contributed by atoms with Crippen molar-refractivity contribution < 1.29 is 4.74 Å². The number of hydrogen-bond donors (Lipinski definition) is 2. The Morgan fingerprint density at radius 1 is 1.25 bits per heavy atom. The lowest BCUT2D eigenvalue weighted by Crippen LogP contribution is -2.28. The monoisotopic (exact) mass is 392 g/mol. The topological polar surface area (TPSA) is 62.9 Å². The Kier molecular flexibility index (Phi) is 10.2. The second kappa shape index (κ2) is 10.7. The van der Waals surface area contributed by atoms with E-state index in [4.69, 9.17) is 10.5 Å². The van der Waals surface area contributed by atoms with Gasteiger partial charge in [0.1, 0.15) is 5.75 Å². The van der Waals surface area contributed by atoms with Crippen molar-refractivity contribution in [2.75, 3.05) is 38.6 Å². The number of aliphatic imine (C=N–C) groups is 1. The molecular weight excluding hydrogens is 367 g/mol. The SMILES string of the molecule is CCN(CC)CCN=C(N)Nc1ccc(OC)cc1.I. The van der Waals surface area contributed by atoms with Crippen LogP contribution in [0, 0.1) is 0 Å². The average Bonchev–Trinajstić information content (AvgIpc) is 2.44. The maximum atomic E-state index is 5.83. The fraction of sp³-hybridized carbons (Fsp3) is 0.500. The Morgan fingerprint density at radius 3 is 2.35 bits per heavy atom. The van der Waals surface area contributed by atoms with Crippen LogP contribution in [-0.2, 0) is 0 Å². The van der Waals surface area contributed by atoms with Crippen molar-refractivity contribution in [3.05, 3.63) is 24.3 Å². The summed E-state index contributed by atoms with van der Waals surface area (Å²) in [4.78, 5) is 6.62. The summed E-state index contributed by atoms with van der Waals surface area (Å²) in [6, 6.07) is 7.58. The predicted molar refractivity (Wildman–Crippen MR) is 96.3 cm³/mol. The van der Waals surface area contributed by atoms with Gasteiger partial charge in [-0.3, -0.25) is 4.99 Å². The summed E-state index contributed by atoms with van der Waals surface area (Å²) in [5.74, 6) is 1.26. The minimum absolute atomic E-state index is 0. The number of nitrogens with zero attached hydrogens (tertiary/aromatic N) is 2. The molecule has 0 unspecified atom stereocenters. The molecule has 0 fully saturated rings. The minimum atomic E-state index is 0. The zero-order chi connectivity index (χ0) is 14.1. The second-order valence-electron chi connectivity index (χ2n) is 4.15. The summed E-state index contributed by atoms with van der Waals surface area (Å²) in [6.45, 7) is 8.00. The third kappa shape index (κ3) is 6.95. The van der Waals surface area contributed by atoms with E-state index in [-0.39, 0.29) is 24.0 Å².